The van der Waals surface area contributed by atoms with E-state index in [1.807, 2.05) is 45.0 Å². The third-order valence-electron chi connectivity index (χ3n) is 5.37. The van der Waals surface area contributed by atoms with Gasteiger partial charge in [0.1, 0.15) is 5.60 Å². The molecule has 0 aromatic carbocycles. The van der Waals surface area contributed by atoms with Gasteiger partial charge in [-0.15, -0.1) is 0 Å². The van der Waals surface area contributed by atoms with Crippen molar-refractivity contribution >= 4 is 12.4 Å². The summed E-state index contributed by atoms with van der Waals surface area (Å²) in [7, 11) is 3.19. The minimum absolute atomic E-state index is 0.0525. The van der Waals surface area contributed by atoms with Crippen LogP contribution in [0.25, 0.3) is 0 Å². The maximum atomic E-state index is 11.8. The Bertz CT molecular complexity index is 1110. The Balaban J connectivity index is 0.000000360. The number of aldehydes is 1. The molecule has 2 aliphatic heterocycles. The number of likely N-dealkylation sites (tertiary alicyclic amines) is 1. The van der Waals surface area contributed by atoms with Gasteiger partial charge >= 0.3 is 12.3 Å². The van der Waals surface area contributed by atoms with Crippen molar-refractivity contribution in [2.45, 2.75) is 71.8 Å². The largest absolute Gasteiger partial charge is 0.481 e. The van der Waals surface area contributed by atoms with Gasteiger partial charge in [0.25, 0.3) is 0 Å². The number of amides is 1. The van der Waals surface area contributed by atoms with E-state index >= 15 is 0 Å². The molecule has 4 rings (SSSR count). The van der Waals surface area contributed by atoms with Crippen LogP contribution < -0.4 is 14.8 Å². The van der Waals surface area contributed by atoms with Crippen LogP contribution >= 0.6 is 0 Å². The minimum Gasteiger partial charge on any atom is -0.481 e. The number of halogens is 3. The van der Waals surface area contributed by atoms with Gasteiger partial charge in [0.2, 0.25) is 18.0 Å². The molecule has 0 radical (unpaired) electrons. The number of pyridine rings is 2. The molecule has 1 amide bonds. The molecule has 2 aromatic heterocycles. The Hall–Kier alpha value is -3.49. The lowest BCUT2D eigenvalue weighted by Gasteiger charge is -2.39. The lowest BCUT2D eigenvalue weighted by Crippen LogP contribution is -2.55. The van der Waals surface area contributed by atoms with Gasteiger partial charge in [-0.3, -0.25) is 4.79 Å². The molecule has 0 atom stereocenters. The van der Waals surface area contributed by atoms with Crippen LogP contribution in [-0.2, 0) is 32.2 Å². The third-order valence-corrected chi connectivity index (χ3v) is 5.37. The van der Waals surface area contributed by atoms with Gasteiger partial charge in [0, 0.05) is 39.0 Å². The maximum Gasteiger partial charge on any atom is 0.446 e. The molecule has 0 unspecified atom stereocenters. The van der Waals surface area contributed by atoms with Crippen LogP contribution in [0.2, 0.25) is 0 Å². The number of carbonyl (C=O) groups excluding carboxylic acids is 2. The summed E-state index contributed by atoms with van der Waals surface area (Å²) in [6.07, 6.45) is -2.15. The molecule has 2 saturated heterocycles. The summed E-state index contributed by atoms with van der Waals surface area (Å²) in [5.74, 6) is 1.21. The van der Waals surface area contributed by atoms with Crippen LogP contribution in [0.5, 0.6) is 11.8 Å². The molecule has 4 heterocycles. The van der Waals surface area contributed by atoms with Gasteiger partial charge in [-0.1, -0.05) is 13.8 Å². The van der Waals surface area contributed by atoms with E-state index in [9.17, 15) is 18.0 Å². The van der Waals surface area contributed by atoms with Crippen molar-refractivity contribution in [3.8, 4) is 11.8 Å². The van der Waals surface area contributed by atoms with Crippen LogP contribution in [-0.4, -0.2) is 91.6 Å². The number of nitrogens with one attached hydrogen (secondary N) is 1. The van der Waals surface area contributed by atoms with Gasteiger partial charge in [0.15, 0.2) is 0 Å². The summed E-state index contributed by atoms with van der Waals surface area (Å²) in [6, 6.07) is 7.55. The highest BCUT2D eigenvalue weighted by Crippen LogP contribution is 2.19. The fraction of sp³-hybridized carbons (Fsp3) is 0.586. The third kappa shape index (κ3) is 16.1. The fourth-order valence-electron chi connectivity index (χ4n) is 3.13. The molecule has 2 aromatic rings. The Morgan fingerprint density at radius 3 is 1.79 bits per heavy atom. The SMILES string of the molecule is COc1cc(COC2CN(C(=O)OC(C)(C)C)C2)ccn1.COc1cc(COC2CNC2)ccn1.O=CC(F)(F)F.[2H]CC. The number of hydrogen-bond donors (Lipinski definition) is 1. The van der Waals surface area contributed by atoms with E-state index in [1.165, 1.54) is 0 Å². The molecule has 0 aliphatic carbocycles. The maximum absolute atomic E-state index is 11.8. The first kappa shape index (κ1) is 35.7. The van der Waals surface area contributed by atoms with E-state index in [2.05, 4.69) is 15.3 Å². The fourth-order valence-corrected chi connectivity index (χ4v) is 3.13. The van der Waals surface area contributed by atoms with Crippen LogP contribution in [0.1, 0.15) is 47.1 Å². The molecule has 0 spiro atoms. The monoisotopic (exact) mass is 617 g/mol. The molecule has 0 saturated carbocycles. The van der Waals surface area contributed by atoms with Crippen molar-refractivity contribution in [1.82, 2.24) is 20.2 Å². The summed E-state index contributed by atoms with van der Waals surface area (Å²) in [5, 5.41) is 3.16. The zero-order valence-electron chi connectivity index (χ0n) is 26.5. The second-order valence-corrected chi connectivity index (χ2v) is 9.98. The quantitative estimate of drug-likeness (QED) is 0.422. The zero-order valence-corrected chi connectivity index (χ0v) is 25.5. The number of aromatic nitrogens is 2. The summed E-state index contributed by atoms with van der Waals surface area (Å²) < 4.78 is 64.2. The predicted octanol–water partition coefficient (Wildman–Crippen LogP) is 4.58. The Labute approximate surface area is 252 Å². The zero-order chi connectivity index (χ0) is 33.2. The molecule has 14 heteroatoms. The average Bonchev–Trinajstić information content (AvgIpc) is 2.91. The minimum atomic E-state index is -4.64. The first-order valence-corrected chi connectivity index (χ1v) is 13.4. The van der Waals surface area contributed by atoms with Crippen LogP contribution in [0, 0.1) is 0 Å². The van der Waals surface area contributed by atoms with Crippen molar-refractivity contribution in [1.29, 1.82) is 0 Å². The van der Waals surface area contributed by atoms with Crippen molar-refractivity contribution in [2.24, 2.45) is 0 Å². The molecule has 1 N–H and O–H groups in total. The average molecular weight is 618 g/mol. The number of methoxy groups -OCH3 is 2. The standard InChI is InChI=1S/C15H22N2O4.C10H14N2O2.C2HF3O.C2H6/c1-15(2,3)21-14(18)17-8-12(9-17)20-10-11-5-6-16-13(7-11)19-4;1-13-10-4-8(2-3-12-10)7-14-9-5-11-6-9;3-2(4,5)1-6;1-2/h5-7,12H,8-10H2,1-4H3;2-4,9,11H,5-7H2,1H3;1H;1-2H3/i;;;1D. The Morgan fingerprint density at radius 2 is 1.44 bits per heavy atom. The molecule has 0 bridgehead atoms. The summed E-state index contributed by atoms with van der Waals surface area (Å²) >= 11 is 0. The van der Waals surface area contributed by atoms with Crippen LogP contribution in [0.3, 0.4) is 0 Å². The lowest BCUT2D eigenvalue weighted by atomic mass is 10.1. The highest BCUT2D eigenvalue weighted by atomic mass is 19.4. The van der Waals surface area contributed by atoms with Crippen molar-refractivity contribution in [2.75, 3.05) is 40.4 Å². The normalized spacial score (nSPS) is 14.9. The van der Waals surface area contributed by atoms with E-state index in [1.54, 1.807) is 38.4 Å². The van der Waals surface area contributed by atoms with E-state index in [4.69, 9.17) is 29.8 Å². The Morgan fingerprint density at radius 1 is 1.00 bits per heavy atom. The number of hydrogen-bond acceptors (Lipinski definition) is 10. The van der Waals surface area contributed by atoms with Gasteiger partial charge in [-0.2, -0.15) is 13.2 Å². The highest BCUT2D eigenvalue weighted by Gasteiger charge is 2.34. The van der Waals surface area contributed by atoms with Gasteiger partial charge < -0.3 is 33.9 Å². The Kier molecular flexibility index (Phi) is 15.7. The van der Waals surface area contributed by atoms with Gasteiger partial charge in [0.05, 0.1) is 52.7 Å². The van der Waals surface area contributed by atoms with Gasteiger partial charge in [-0.05, 0) is 44.0 Å². The van der Waals surface area contributed by atoms with Crippen LogP contribution in [0.15, 0.2) is 36.7 Å². The summed E-state index contributed by atoms with van der Waals surface area (Å²) in [5.41, 5.74) is 1.64. The van der Waals surface area contributed by atoms with Crippen molar-refractivity contribution < 1.29 is 47.8 Å². The highest BCUT2D eigenvalue weighted by molar-refractivity contribution is 5.69. The number of carbonyl (C=O) groups is 2. The van der Waals surface area contributed by atoms with E-state index in [0.29, 0.717) is 51.1 Å². The molecule has 2 aliphatic rings. The first-order valence-electron chi connectivity index (χ1n) is 14.2. The summed E-state index contributed by atoms with van der Waals surface area (Å²) in [6.45, 7) is 12.0. The molecule has 242 valence electrons. The molecular formula is C29H43F3N4O7. The van der Waals surface area contributed by atoms with Crippen LogP contribution in [0.4, 0.5) is 18.0 Å². The smallest absolute Gasteiger partial charge is 0.446 e. The molecule has 43 heavy (non-hydrogen) atoms. The predicted molar refractivity (Wildman–Crippen MR) is 153 cm³/mol. The number of alkyl halides is 3. The van der Waals surface area contributed by atoms with E-state index < -0.39 is 18.1 Å². The van der Waals surface area contributed by atoms with E-state index in [0.717, 1.165) is 24.2 Å². The number of nitrogens with zero attached hydrogens (tertiary/aromatic N) is 3. The van der Waals surface area contributed by atoms with Crippen molar-refractivity contribution in [3.63, 3.8) is 0 Å². The van der Waals surface area contributed by atoms with Gasteiger partial charge in [-0.25, -0.2) is 14.8 Å². The number of ether oxygens (including phenoxy) is 5. The van der Waals surface area contributed by atoms with Crippen molar-refractivity contribution in [3.05, 3.63) is 47.8 Å². The topological polar surface area (TPSA) is 121 Å². The molecule has 11 nitrogen and oxygen atoms in total. The number of rotatable bonds is 8. The second-order valence-electron chi connectivity index (χ2n) is 9.98. The molecule has 2 fully saturated rings. The second kappa shape index (κ2) is 18.9. The lowest BCUT2D eigenvalue weighted by molar-refractivity contribution is -0.156. The first-order chi connectivity index (χ1) is 20.7. The molecular weight excluding hydrogens is 573 g/mol. The summed E-state index contributed by atoms with van der Waals surface area (Å²) in [4.78, 5) is 30.2. The van der Waals surface area contributed by atoms with E-state index in [-0.39, 0.29) is 12.2 Å².